The lowest BCUT2D eigenvalue weighted by Gasteiger charge is -2.36. The van der Waals surface area contributed by atoms with E-state index in [1.54, 1.807) is 4.90 Å². The minimum atomic E-state index is -0.527. The molecule has 1 N–H and O–H groups in total. The zero-order valence-corrected chi connectivity index (χ0v) is 15.6. The number of carbonyl (C=O) groups is 2. The van der Waals surface area contributed by atoms with Crippen molar-refractivity contribution in [2.24, 2.45) is 0 Å². The Labute approximate surface area is 162 Å². The molecule has 0 unspecified atom stereocenters. The molecular formula is C20H21ClFN3O2. The number of hydrogen-bond acceptors (Lipinski definition) is 3. The van der Waals surface area contributed by atoms with Crippen LogP contribution < -0.4 is 10.2 Å². The molecule has 0 bridgehead atoms. The standard InChI is InChI=1S/C20H21ClFN3O2/c21-17-7-4-8-18(22)16(17)13-19(26)23-14-20(27)25-11-9-24(10-12-25)15-5-2-1-3-6-15/h1-8H,9-14H2,(H,23,26). The third-order valence-electron chi connectivity index (χ3n) is 4.59. The first kappa shape index (κ1) is 19.2. The number of anilines is 1. The minimum absolute atomic E-state index is 0.101. The molecular weight excluding hydrogens is 369 g/mol. The van der Waals surface area contributed by atoms with E-state index >= 15 is 0 Å². The number of benzene rings is 2. The Hall–Kier alpha value is -2.60. The average molecular weight is 390 g/mol. The van der Waals surface area contributed by atoms with Crippen LogP contribution in [-0.2, 0) is 16.0 Å². The fraction of sp³-hybridized carbons (Fsp3) is 0.300. The van der Waals surface area contributed by atoms with Crippen LogP contribution >= 0.6 is 11.6 Å². The van der Waals surface area contributed by atoms with Crippen LogP contribution in [0.5, 0.6) is 0 Å². The molecule has 27 heavy (non-hydrogen) atoms. The van der Waals surface area contributed by atoms with Crippen LogP contribution in [0.2, 0.25) is 5.02 Å². The van der Waals surface area contributed by atoms with Gasteiger partial charge < -0.3 is 15.1 Å². The zero-order valence-electron chi connectivity index (χ0n) is 14.8. The monoisotopic (exact) mass is 389 g/mol. The van der Waals surface area contributed by atoms with Crippen LogP contribution in [0.4, 0.5) is 10.1 Å². The van der Waals surface area contributed by atoms with Gasteiger partial charge in [0.1, 0.15) is 5.82 Å². The summed E-state index contributed by atoms with van der Waals surface area (Å²) in [5.41, 5.74) is 1.28. The Morgan fingerprint density at radius 1 is 1.00 bits per heavy atom. The van der Waals surface area contributed by atoms with Crippen molar-refractivity contribution in [2.75, 3.05) is 37.6 Å². The second-order valence-electron chi connectivity index (χ2n) is 6.36. The van der Waals surface area contributed by atoms with Crippen LogP contribution in [0, 0.1) is 5.82 Å². The van der Waals surface area contributed by atoms with E-state index < -0.39 is 11.7 Å². The SMILES string of the molecule is O=C(Cc1c(F)cccc1Cl)NCC(=O)N1CCN(c2ccccc2)CC1. The first-order chi connectivity index (χ1) is 13.0. The Balaban J connectivity index is 1.45. The van der Waals surface area contributed by atoms with Gasteiger partial charge in [-0.3, -0.25) is 9.59 Å². The van der Waals surface area contributed by atoms with Crippen LogP contribution in [0.25, 0.3) is 0 Å². The van der Waals surface area contributed by atoms with Gasteiger partial charge in [-0.2, -0.15) is 0 Å². The molecule has 142 valence electrons. The average Bonchev–Trinajstić information content (AvgIpc) is 2.70. The molecule has 0 aliphatic carbocycles. The largest absolute Gasteiger partial charge is 0.368 e. The summed E-state index contributed by atoms with van der Waals surface area (Å²) in [5.74, 6) is -1.10. The maximum atomic E-state index is 13.7. The third-order valence-corrected chi connectivity index (χ3v) is 4.94. The number of carbonyl (C=O) groups excluding carboxylic acids is 2. The van der Waals surface area contributed by atoms with E-state index in [-0.39, 0.29) is 29.5 Å². The van der Waals surface area contributed by atoms with Crippen molar-refractivity contribution in [3.63, 3.8) is 0 Å². The van der Waals surface area contributed by atoms with Gasteiger partial charge in [-0.1, -0.05) is 35.9 Å². The fourth-order valence-corrected chi connectivity index (χ4v) is 3.29. The van der Waals surface area contributed by atoms with Gasteiger partial charge in [0.25, 0.3) is 0 Å². The second kappa shape index (κ2) is 8.86. The molecule has 1 saturated heterocycles. The number of piperazine rings is 1. The molecule has 0 atom stereocenters. The van der Waals surface area contributed by atoms with Gasteiger partial charge in [0, 0.05) is 42.5 Å². The van der Waals surface area contributed by atoms with E-state index in [0.29, 0.717) is 13.1 Å². The molecule has 7 heteroatoms. The summed E-state index contributed by atoms with van der Waals surface area (Å²) in [6.45, 7) is 2.59. The van der Waals surface area contributed by atoms with Crippen LogP contribution in [0.1, 0.15) is 5.56 Å². The number of halogens is 2. The van der Waals surface area contributed by atoms with Crippen molar-refractivity contribution >= 4 is 29.1 Å². The Morgan fingerprint density at radius 2 is 1.70 bits per heavy atom. The highest BCUT2D eigenvalue weighted by Gasteiger charge is 2.21. The molecule has 0 aromatic heterocycles. The summed E-state index contributed by atoms with van der Waals surface area (Å²) in [6, 6.07) is 14.3. The Kier molecular flexibility index (Phi) is 6.29. The van der Waals surface area contributed by atoms with E-state index in [9.17, 15) is 14.0 Å². The van der Waals surface area contributed by atoms with Gasteiger partial charge in [-0.05, 0) is 24.3 Å². The molecule has 0 spiro atoms. The van der Waals surface area contributed by atoms with Crippen molar-refractivity contribution in [3.8, 4) is 0 Å². The van der Waals surface area contributed by atoms with Crippen LogP contribution in [0.3, 0.4) is 0 Å². The van der Waals surface area contributed by atoms with E-state index in [0.717, 1.165) is 18.8 Å². The van der Waals surface area contributed by atoms with E-state index in [2.05, 4.69) is 10.2 Å². The lowest BCUT2D eigenvalue weighted by molar-refractivity contribution is -0.133. The molecule has 2 aromatic rings. The van der Waals surface area contributed by atoms with Gasteiger partial charge in [0.05, 0.1) is 13.0 Å². The highest BCUT2D eigenvalue weighted by molar-refractivity contribution is 6.31. The predicted molar refractivity (Wildman–Crippen MR) is 103 cm³/mol. The number of hydrogen-bond donors (Lipinski definition) is 1. The quantitative estimate of drug-likeness (QED) is 0.854. The summed E-state index contributed by atoms with van der Waals surface area (Å²) in [5, 5.41) is 2.76. The van der Waals surface area contributed by atoms with Gasteiger partial charge >= 0.3 is 0 Å². The molecule has 1 fully saturated rings. The molecule has 1 aliphatic heterocycles. The molecule has 1 heterocycles. The molecule has 5 nitrogen and oxygen atoms in total. The smallest absolute Gasteiger partial charge is 0.242 e. The lowest BCUT2D eigenvalue weighted by Crippen LogP contribution is -2.51. The fourth-order valence-electron chi connectivity index (χ4n) is 3.06. The Bertz CT molecular complexity index is 788. The number of nitrogens with one attached hydrogen (secondary N) is 1. The van der Waals surface area contributed by atoms with Gasteiger partial charge in [-0.25, -0.2) is 4.39 Å². The summed E-state index contributed by atoms with van der Waals surface area (Å²) in [6.07, 6.45) is -0.194. The number of nitrogens with zero attached hydrogens (tertiary/aromatic N) is 2. The van der Waals surface area contributed by atoms with Gasteiger partial charge in [0.2, 0.25) is 11.8 Å². The lowest BCUT2D eigenvalue weighted by atomic mass is 10.1. The van der Waals surface area contributed by atoms with E-state index in [4.69, 9.17) is 11.6 Å². The molecule has 0 radical (unpaired) electrons. The number of amides is 2. The van der Waals surface area contributed by atoms with Crippen molar-refractivity contribution in [1.29, 1.82) is 0 Å². The van der Waals surface area contributed by atoms with Crippen LogP contribution in [-0.4, -0.2) is 49.4 Å². The van der Waals surface area contributed by atoms with Crippen molar-refractivity contribution in [1.82, 2.24) is 10.2 Å². The number of para-hydroxylation sites is 1. The first-order valence-electron chi connectivity index (χ1n) is 8.82. The number of rotatable bonds is 5. The second-order valence-corrected chi connectivity index (χ2v) is 6.76. The predicted octanol–water partition coefficient (Wildman–Crippen LogP) is 2.49. The van der Waals surface area contributed by atoms with Gasteiger partial charge in [0.15, 0.2) is 0 Å². The first-order valence-corrected chi connectivity index (χ1v) is 9.20. The van der Waals surface area contributed by atoms with E-state index in [1.165, 1.54) is 18.2 Å². The molecule has 0 saturated carbocycles. The zero-order chi connectivity index (χ0) is 19.2. The normalized spacial score (nSPS) is 14.1. The highest BCUT2D eigenvalue weighted by atomic mass is 35.5. The molecule has 3 rings (SSSR count). The highest BCUT2D eigenvalue weighted by Crippen LogP contribution is 2.19. The molecule has 1 aliphatic rings. The van der Waals surface area contributed by atoms with Gasteiger partial charge in [-0.15, -0.1) is 0 Å². The minimum Gasteiger partial charge on any atom is -0.368 e. The third kappa shape index (κ3) is 4.98. The maximum Gasteiger partial charge on any atom is 0.242 e. The summed E-state index contributed by atoms with van der Waals surface area (Å²) in [4.78, 5) is 28.3. The van der Waals surface area contributed by atoms with Crippen molar-refractivity contribution < 1.29 is 14.0 Å². The van der Waals surface area contributed by atoms with Crippen molar-refractivity contribution in [2.45, 2.75) is 6.42 Å². The molecule has 2 amide bonds. The molecule has 2 aromatic carbocycles. The topological polar surface area (TPSA) is 52.7 Å². The Morgan fingerprint density at radius 3 is 2.37 bits per heavy atom. The summed E-state index contributed by atoms with van der Waals surface area (Å²) >= 11 is 5.92. The summed E-state index contributed by atoms with van der Waals surface area (Å²) < 4.78 is 13.7. The van der Waals surface area contributed by atoms with E-state index in [1.807, 2.05) is 30.3 Å². The summed E-state index contributed by atoms with van der Waals surface area (Å²) in [7, 11) is 0. The van der Waals surface area contributed by atoms with Crippen LogP contribution in [0.15, 0.2) is 48.5 Å². The maximum absolute atomic E-state index is 13.7. The van der Waals surface area contributed by atoms with Crippen molar-refractivity contribution in [3.05, 3.63) is 64.9 Å².